The van der Waals surface area contributed by atoms with Crippen LogP contribution in [0.4, 0.5) is 0 Å². The lowest BCUT2D eigenvalue weighted by atomic mass is 10.2. The molecular weight excluding hydrogens is 272 g/mol. The first-order valence-electron chi connectivity index (χ1n) is 5.01. The van der Waals surface area contributed by atoms with Crippen LogP contribution in [0.5, 0.6) is 5.75 Å². The molecule has 0 bridgehead atoms. The summed E-state index contributed by atoms with van der Waals surface area (Å²) >= 11 is 3.33. The number of carbonyl (C=O) groups is 1. The predicted octanol–water partition coefficient (Wildman–Crippen LogP) is 1.54. The van der Waals surface area contributed by atoms with Crippen LogP contribution in [0.3, 0.4) is 0 Å². The summed E-state index contributed by atoms with van der Waals surface area (Å²) in [5.74, 6) is 0.534. The number of hydrogen-bond donors (Lipinski definition) is 2. The lowest BCUT2D eigenvalue weighted by molar-refractivity contribution is 0.0952. The zero-order valence-corrected chi connectivity index (χ0v) is 10.7. The van der Waals surface area contributed by atoms with Crippen molar-refractivity contribution in [2.75, 3.05) is 20.2 Å². The smallest absolute Gasteiger partial charge is 0.252 e. The van der Waals surface area contributed by atoms with E-state index in [4.69, 9.17) is 10.5 Å². The third kappa shape index (κ3) is 3.50. The van der Waals surface area contributed by atoms with Crippen LogP contribution >= 0.6 is 15.9 Å². The van der Waals surface area contributed by atoms with Gasteiger partial charge in [-0.15, -0.1) is 0 Å². The fourth-order valence-electron chi connectivity index (χ4n) is 1.20. The summed E-state index contributed by atoms with van der Waals surface area (Å²) in [7, 11) is 1.57. The van der Waals surface area contributed by atoms with Gasteiger partial charge >= 0.3 is 0 Å². The van der Waals surface area contributed by atoms with Crippen molar-refractivity contribution in [1.29, 1.82) is 0 Å². The van der Waals surface area contributed by atoms with E-state index >= 15 is 0 Å². The van der Waals surface area contributed by atoms with Crippen LogP contribution in [-0.4, -0.2) is 26.1 Å². The van der Waals surface area contributed by atoms with Crippen molar-refractivity contribution in [3.63, 3.8) is 0 Å². The Kier molecular flexibility index (Phi) is 5.28. The molecule has 1 aromatic carbocycles. The van der Waals surface area contributed by atoms with E-state index in [1.165, 1.54) is 0 Å². The van der Waals surface area contributed by atoms with Crippen molar-refractivity contribution in [3.8, 4) is 5.75 Å². The second-order valence-electron chi connectivity index (χ2n) is 3.24. The molecule has 0 unspecified atom stereocenters. The number of carbonyl (C=O) groups excluding carboxylic acids is 1. The molecule has 0 aromatic heterocycles. The monoisotopic (exact) mass is 286 g/mol. The molecule has 0 spiro atoms. The molecule has 0 aliphatic heterocycles. The molecule has 16 heavy (non-hydrogen) atoms. The molecule has 1 rings (SSSR count). The summed E-state index contributed by atoms with van der Waals surface area (Å²) in [6.07, 6.45) is 0.771. The Balaban J connectivity index is 2.73. The minimum atomic E-state index is -0.126. The molecule has 0 saturated heterocycles. The van der Waals surface area contributed by atoms with E-state index in [0.717, 1.165) is 10.9 Å². The minimum absolute atomic E-state index is 0.126. The molecule has 5 heteroatoms. The largest absolute Gasteiger partial charge is 0.497 e. The van der Waals surface area contributed by atoms with Gasteiger partial charge in [0, 0.05) is 11.0 Å². The van der Waals surface area contributed by atoms with E-state index in [1.54, 1.807) is 25.3 Å². The third-order valence-corrected chi connectivity index (χ3v) is 2.78. The van der Waals surface area contributed by atoms with Gasteiger partial charge in [0.2, 0.25) is 0 Å². The quantitative estimate of drug-likeness (QED) is 0.807. The number of rotatable bonds is 5. The van der Waals surface area contributed by atoms with Gasteiger partial charge in [0.05, 0.1) is 12.7 Å². The second-order valence-corrected chi connectivity index (χ2v) is 4.10. The van der Waals surface area contributed by atoms with Crippen molar-refractivity contribution in [2.45, 2.75) is 6.42 Å². The lowest BCUT2D eigenvalue weighted by Gasteiger charge is -2.08. The van der Waals surface area contributed by atoms with Crippen molar-refractivity contribution in [1.82, 2.24) is 5.32 Å². The number of halogens is 1. The van der Waals surface area contributed by atoms with Crippen LogP contribution in [0.25, 0.3) is 0 Å². The topological polar surface area (TPSA) is 64.3 Å². The molecule has 1 aromatic rings. The van der Waals surface area contributed by atoms with Gasteiger partial charge in [-0.2, -0.15) is 0 Å². The summed E-state index contributed by atoms with van der Waals surface area (Å²) in [5.41, 5.74) is 5.91. The van der Waals surface area contributed by atoms with Crippen LogP contribution in [0.1, 0.15) is 16.8 Å². The van der Waals surface area contributed by atoms with Crippen molar-refractivity contribution >= 4 is 21.8 Å². The maximum Gasteiger partial charge on any atom is 0.252 e. The molecule has 0 saturated carbocycles. The van der Waals surface area contributed by atoms with Gasteiger partial charge in [0.1, 0.15) is 5.75 Å². The molecular formula is C11H15BrN2O2. The van der Waals surface area contributed by atoms with Gasteiger partial charge in [-0.3, -0.25) is 4.79 Å². The second kappa shape index (κ2) is 6.50. The van der Waals surface area contributed by atoms with Gasteiger partial charge in [0.15, 0.2) is 0 Å². The van der Waals surface area contributed by atoms with E-state index in [0.29, 0.717) is 24.4 Å². The average Bonchev–Trinajstić information content (AvgIpc) is 2.30. The zero-order valence-electron chi connectivity index (χ0n) is 9.13. The summed E-state index contributed by atoms with van der Waals surface area (Å²) < 4.78 is 5.81. The predicted molar refractivity (Wildman–Crippen MR) is 66.7 cm³/mol. The molecule has 4 nitrogen and oxygen atoms in total. The minimum Gasteiger partial charge on any atom is -0.497 e. The van der Waals surface area contributed by atoms with Crippen LogP contribution in [-0.2, 0) is 0 Å². The number of methoxy groups -OCH3 is 1. The van der Waals surface area contributed by atoms with Gasteiger partial charge in [-0.05, 0) is 47.1 Å². The Bertz CT molecular complexity index is 369. The van der Waals surface area contributed by atoms with Gasteiger partial charge < -0.3 is 15.8 Å². The van der Waals surface area contributed by atoms with Crippen LogP contribution in [0.15, 0.2) is 22.7 Å². The molecule has 0 aliphatic carbocycles. The standard InChI is InChI=1S/C11H15BrN2O2/c1-16-8-3-4-10(12)9(7-8)11(15)14-6-2-5-13/h3-4,7H,2,5-6,13H2,1H3,(H,14,15). The van der Waals surface area contributed by atoms with E-state index in [9.17, 15) is 4.79 Å². The van der Waals surface area contributed by atoms with E-state index < -0.39 is 0 Å². The fourth-order valence-corrected chi connectivity index (χ4v) is 1.63. The van der Waals surface area contributed by atoms with Crippen LogP contribution in [0, 0.1) is 0 Å². The maximum atomic E-state index is 11.8. The molecule has 0 aliphatic rings. The number of amides is 1. The van der Waals surface area contributed by atoms with Gasteiger partial charge in [0.25, 0.3) is 5.91 Å². The summed E-state index contributed by atoms with van der Waals surface area (Å²) in [4.78, 5) is 11.8. The molecule has 0 atom stereocenters. The molecule has 3 N–H and O–H groups in total. The molecule has 0 radical (unpaired) electrons. The highest BCUT2D eigenvalue weighted by atomic mass is 79.9. The van der Waals surface area contributed by atoms with Crippen molar-refractivity contribution in [2.24, 2.45) is 5.73 Å². The van der Waals surface area contributed by atoms with Crippen molar-refractivity contribution < 1.29 is 9.53 Å². The lowest BCUT2D eigenvalue weighted by Crippen LogP contribution is -2.26. The number of benzene rings is 1. The number of nitrogens with two attached hydrogens (primary N) is 1. The van der Waals surface area contributed by atoms with Gasteiger partial charge in [-0.25, -0.2) is 0 Å². The molecule has 1 amide bonds. The Morgan fingerprint density at radius 2 is 2.31 bits per heavy atom. The SMILES string of the molecule is COc1ccc(Br)c(C(=O)NCCCN)c1. The molecule has 88 valence electrons. The van der Waals surface area contributed by atoms with Gasteiger partial charge in [-0.1, -0.05) is 0 Å². The summed E-state index contributed by atoms with van der Waals surface area (Å²) in [5, 5.41) is 2.79. The third-order valence-electron chi connectivity index (χ3n) is 2.08. The average molecular weight is 287 g/mol. The molecule has 0 heterocycles. The number of nitrogens with one attached hydrogen (secondary N) is 1. The first-order valence-corrected chi connectivity index (χ1v) is 5.80. The summed E-state index contributed by atoms with van der Waals surface area (Å²) in [6, 6.07) is 5.28. The number of ether oxygens (including phenoxy) is 1. The highest BCUT2D eigenvalue weighted by molar-refractivity contribution is 9.10. The fraction of sp³-hybridized carbons (Fsp3) is 0.364. The van der Waals surface area contributed by atoms with Crippen molar-refractivity contribution in [3.05, 3.63) is 28.2 Å². The Labute approximate surface area is 103 Å². The molecule has 0 fully saturated rings. The normalized spacial score (nSPS) is 9.94. The van der Waals surface area contributed by atoms with Crippen LogP contribution in [0.2, 0.25) is 0 Å². The first-order chi connectivity index (χ1) is 7.69. The van der Waals surface area contributed by atoms with Crippen LogP contribution < -0.4 is 15.8 Å². The van der Waals surface area contributed by atoms with E-state index in [-0.39, 0.29) is 5.91 Å². The Hall–Kier alpha value is -1.07. The highest BCUT2D eigenvalue weighted by Crippen LogP contribution is 2.22. The Morgan fingerprint density at radius 1 is 1.56 bits per heavy atom. The summed E-state index contributed by atoms with van der Waals surface area (Å²) in [6.45, 7) is 1.15. The first kappa shape index (κ1) is 13.0. The Morgan fingerprint density at radius 3 is 2.94 bits per heavy atom. The van der Waals surface area contributed by atoms with E-state index in [2.05, 4.69) is 21.2 Å². The maximum absolute atomic E-state index is 11.8. The van der Waals surface area contributed by atoms with E-state index in [1.807, 2.05) is 0 Å². The number of hydrogen-bond acceptors (Lipinski definition) is 3. The zero-order chi connectivity index (χ0) is 12.0. The highest BCUT2D eigenvalue weighted by Gasteiger charge is 2.10.